The summed E-state index contributed by atoms with van der Waals surface area (Å²) >= 11 is 0. The largest absolute Gasteiger partial charge is 0.460 e. The fourth-order valence-electron chi connectivity index (χ4n) is 2.04. The molecule has 0 fully saturated rings. The molecule has 0 saturated heterocycles. The summed E-state index contributed by atoms with van der Waals surface area (Å²) in [6, 6.07) is -0.710. The lowest BCUT2D eigenvalue weighted by Gasteiger charge is -2.29. The normalized spacial score (nSPS) is 23.0. The van der Waals surface area contributed by atoms with Crippen LogP contribution in [-0.4, -0.2) is 29.2 Å². The van der Waals surface area contributed by atoms with Crippen molar-refractivity contribution in [3.05, 3.63) is 12.3 Å². The molecule has 21 heavy (non-hydrogen) atoms. The second-order valence-electron chi connectivity index (χ2n) is 7.30. The number of carbonyl (C=O) groups excluding carboxylic acids is 2. The highest BCUT2D eigenvalue weighted by Crippen LogP contribution is 2.23. The van der Waals surface area contributed by atoms with Gasteiger partial charge in [0.15, 0.2) is 0 Å². The summed E-state index contributed by atoms with van der Waals surface area (Å²) < 4.78 is 10.8. The van der Waals surface area contributed by atoms with E-state index in [4.69, 9.17) is 9.47 Å². The maximum Gasteiger partial charge on any atom is 0.329 e. The van der Waals surface area contributed by atoms with E-state index >= 15 is 0 Å². The van der Waals surface area contributed by atoms with Crippen LogP contribution in [0.4, 0.5) is 0 Å². The van der Waals surface area contributed by atoms with E-state index in [2.05, 4.69) is 5.32 Å². The van der Waals surface area contributed by atoms with Crippen molar-refractivity contribution in [3.8, 4) is 0 Å². The third-order valence-electron chi connectivity index (χ3n) is 2.81. The number of carbonyl (C=O) groups is 2. The molecular weight excluding hydrogens is 270 g/mol. The van der Waals surface area contributed by atoms with E-state index in [9.17, 15) is 9.59 Å². The van der Waals surface area contributed by atoms with E-state index in [0.717, 1.165) is 6.42 Å². The molecule has 0 aromatic carbocycles. The van der Waals surface area contributed by atoms with Gasteiger partial charge in [-0.05, 0) is 60.6 Å². The molecule has 1 aliphatic heterocycles. The molecule has 0 amide bonds. The number of rotatable bonds is 2. The van der Waals surface area contributed by atoms with E-state index in [1.165, 1.54) is 0 Å². The summed E-state index contributed by atoms with van der Waals surface area (Å²) in [5.41, 5.74) is -1.16. The fraction of sp³-hybridized carbons (Fsp3) is 0.750. The molecular formula is C16H27NO4. The Labute approximate surface area is 127 Å². The first kappa shape index (κ1) is 17.5. The topological polar surface area (TPSA) is 64.6 Å². The van der Waals surface area contributed by atoms with Crippen LogP contribution in [0, 0.1) is 5.92 Å². The van der Waals surface area contributed by atoms with Gasteiger partial charge in [-0.15, -0.1) is 0 Å². The van der Waals surface area contributed by atoms with Gasteiger partial charge in [0.25, 0.3) is 0 Å². The van der Waals surface area contributed by atoms with Gasteiger partial charge in [0.2, 0.25) is 0 Å². The third kappa shape index (κ3) is 6.19. The quantitative estimate of drug-likeness (QED) is 0.794. The summed E-state index contributed by atoms with van der Waals surface area (Å²) in [6.07, 6.45) is 4.89. The Bertz CT molecular complexity index is 415. The first-order valence-electron chi connectivity index (χ1n) is 7.36. The molecule has 0 saturated carbocycles. The lowest BCUT2D eigenvalue weighted by atomic mass is 9.95. The van der Waals surface area contributed by atoms with Crippen LogP contribution in [0.1, 0.15) is 54.4 Å². The van der Waals surface area contributed by atoms with Gasteiger partial charge in [-0.3, -0.25) is 4.79 Å². The zero-order chi connectivity index (χ0) is 16.3. The van der Waals surface area contributed by atoms with Gasteiger partial charge in [0.05, 0.1) is 5.92 Å². The number of allylic oxidation sites excluding steroid dienone is 1. The minimum atomic E-state index is -0.710. The predicted octanol–water partition coefficient (Wildman–Crippen LogP) is 2.55. The van der Waals surface area contributed by atoms with E-state index < -0.39 is 29.1 Å². The second-order valence-corrected chi connectivity index (χ2v) is 7.30. The van der Waals surface area contributed by atoms with Gasteiger partial charge >= 0.3 is 11.9 Å². The van der Waals surface area contributed by atoms with Crippen molar-refractivity contribution in [2.24, 2.45) is 5.92 Å². The molecule has 0 spiro atoms. The minimum Gasteiger partial charge on any atom is -0.460 e. The van der Waals surface area contributed by atoms with Crippen molar-refractivity contribution in [1.82, 2.24) is 5.32 Å². The molecule has 0 bridgehead atoms. The molecule has 2 atom stereocenters. The monoisotopic (exact) mass is 297 g/mol. The Morgan fingerprint density at radius 2 is 1.52 bits per heavy atom. The lowest BCUT2D eigenvalue weighted by Crippen LogP contribution is -2.47. The summed E-state index contributed by atoms with van der Waals surface area (Å²) in [5, 5.41) is 2.96. The van der Waals surface area contributed by atoms with E-state index in [1.807, 2.05) is 26.8 Å². The Hall–Kier alpha value is -1.52. The number of hydrogen-bond donors (Lipinski definition) is 1. The summed E-state index contributed by atoms with van der Waals surface area (Å²) in [7, 11) is 0. The lowest BCUT2D eigenvalue weighted by molar-refractivity contribution is -0.170. The van der Waals surface area contributed by atoms with Crippen LogP contribution in [0.25, 0.3) is 0 Å². The summed E-state index contributed by atoms with van der Waals surface area (Å²) in [5.74, 6) is -1.34. The van der Waals surface area contributed by atoms with Crippen molar-refractivity contribution in [3.63, 3.8) is 0 Å². The molecule has 0 aromatic heterocycles. The van der Waals surface area contributed by atoms with E-state index in [0.29, 0.717) is 6.42 Å². The molecule has 1 aliphatic rings. The van der Waals surface area contributed by atoms with E-state index in [1.54, 1.807) is 27.0 Å². The Balaban J connectivity index is 2.87. The van der Waals surface area contributed by atoms with Crippen LogP contribution < -0.4 is 5.32 Å². The maximum absolute atomic E-state index is 12.3. The first-order chi connectivity index (χ1) is 9.49. The van der Waals surface area contributed by atoms with Crippen molar-refractivity contribution in [1.29, 1.82) is 0 Å². The Morgan fingerprint density at radius 3 is 2.05 bits per heavy atom. The van der Waals surface area contributed by atoms with Crippen LogP contribution in [0.15, 0.2) is 12.3 Å². The first-order valence-corrected chi connectivity index (χ1v) is 7.36. The number of hydrogen-bond acceptors (Lipinski definition) is 5. The average Bonchev–Trinajstić information content (AvgIpc) is 2.48. The third-order valence-corrected chi connectivity index (χ3v) is 2.81. The van der Waals surface area contributed by atoms with Gasteiger partial charge in [0, 0.05) is 0 Å². The molecule has 5 nitrogen and oxygen atoms in total. The highest BCUT2D eigenvalue weighted by molar-refractivity contribution is 5.85. The van der Waals surface area contributed by atoms with Gasteiger partial charge < -0.3 is 14.8 Å². The molecule has 120 valence electrons. The van der Waals surface area contributed by atoms with Crippen molar-refractivity contribution in [2.45, 2.75) is 71.6 Å². The highest BCUT2D eigenvalue weighted by Gasteiger charge is 2.38. The van der Waals surface area contributed by atoms with Crippen LogP contribution in [-0.2, 0) is 19.1 Å². The number of esters is 2. The second kappa shape index (κ2) is 6.50. The smallest absolute Gasteiger partial charge is 0.329 e. The molecule has 1 heterocycles. The fourth-order valence-corrected chi connectivity index (χ4v) is 2.04. The molecule has 0 aromatic rings. The zero-order valence-electron chi connectivity index (χ0n) is 13.9. The SMILES string of the molecule is CC(C)(C)OC(=O)C1CCC=CNC1C(=O)OC(C)(C)C. The summed E-state index contributed by atoms with van der Waals surface area (Å²) in [6.45, 7) is 10.9. The van der Waals surface area contributed by atoms with Crippen LogP contribution in [0.3, 0.4) is 0 Å². The van der Waals surface area contributed by atoms with E-state index in [-0.39, 0.29) is 5.97 Å². The molecule has 0 radical (unpaired) electrons. The molecule has 1 rings (SSSR count). The average molecular weight is 297 g/mol. The van der Waals surface area contributed by atoms with Crippen LogP contribution in [0.2, 0.25) is 0 Å². The Kier molecular flexibility index (Phi) is 5.42. The maximum atomic E-state index is 12.3. The molecule has 2 unspecified atom stereocenters. The number of ether oxygens (including phenoxy) is 2. The molecule has 1 N–H and O–H groups in total. The van der Waals surface area contributed by atoms with Gasteiger partial charge in [-0.1, -0.05) is 6.08 Å². The molecule has 5 heteroatoms. The van der Waals surface area contributed by atoms with Crippen molar-refractivity contribution in [2.75, 3.05) is 0 Å². The van der Waals surface area contributed by atoms with Gasteiger partial charge in [-0.2, -0.15) is 0 Å². The molecule has 0 aliphatic carbocycles. The highest BCUT2D eigenvalue weighted by atomic mass is 16.6. The van der Waals surface area contributed by atoms with Crippen LogP contribution in [0.5, 0.6) is 0 Å². The van der Waals surface area contributed by atoms with Gasteiger partial charge in [-0.25, -0.2) is 4.79 Å². The zero-order valence-corrected chi connectivity index (χ0v) is 13.9. The van der Waals surface area contributed by atoms with Crippen molar-refractivity contribution < 1.29 is 19.1 Å². The van der Waals surface area contributed by atoms with Gasteiger partial charge in [0.1, 0.15) is 17.2 Å². The standard InChI is InChI=1S/C16H27NO4/c1-15(2,3)20-13(18)11-9-7-8-10-17-12(11)14(19)21-16(4,5)6/h8,10-12,17H,7,9H2,1-6H3. The van der Waals surface area contributed by atoms with Crippen molar-refractivity contribution >= 4 is 11.9 Å². The minimum absolute atomic E-state index is 0.366. The number of nitrogens with one attached hydrogen (secondary N) is 1. The predicted molar refractivity (Wildman–Crippen MR) is 80.5 cm³/mol. The summed E-state index contributed by atoms with van der Waals surface area (Å²) in [4.78, 5) is 24.7. The van der Waals surface area contributed by atoms with Crippen LogP contribution >= 0.6 is 0 Å². The Morgan fingerprint density at radius 1 is 1.00 bits per heavy atom.